The van der Waals surface area contributed by atoms with E-state index in [4.69, 9.17) is 0 Å². The van der Waals surface area contributed by atoms with Crippen LogP contribution in [0.3, 0.4) is 0 Å². The molecule has 0 saturated carbocycles. The smallest absolute Gasteiger partial charge is 0.246 e. The molecule has 1 heterocycles. The van der Waals surface area contributed by atoms with E-state index in [1.165, 1.54) is 15.9 Å². The Morgan fingerprint density at radius 2 is 2.09 bits per heavy atom. The Kier molecular flexibility index (Phi) is 5.51. The van der Waals surface area contributed by atoms with Crippen molar-refractivity contribution in [3.63, 3.8) is 0 Å². The summed E-state index contributed by atoms with van der Waals surface area (Å²) in [6.45, 7) is 5.96. The van der Waals surface area contributed by atoms with Gasteiger partial charge in [-0.15, -0.1) is 0 Å². The summed E-state index contributed by atoms with van der Waals surface area (Å²) in [5, 5.41) is 2.79. The third-order valence-electron chi connectivity index (χ3n) is 3.88. The SMILES string of the molecule is C=CC(=O)N(CC)CC(=O)N1CC(=O)NCC1c1ccccc1. The van der Waals surface area contributed by atoms with Gasteiger partial charge in [0.15, 0.2) is 0 Å². The van der Waals surface area contributed by atoms with Gasteiger partial charge in [-0.05, 0) is 18.6 Å². The Morgan fingerprint density at radius 1 is 1.39 bits per heavy atom. The number of nitrogens with zero attached hydrogens (tertiary/aromatic N) is 2. The third-order valence-corrected chi connectivity index (χ3v) is 3.88. The van der Waals surface area contributed by atoms with Crippen LogP contribution in [0.15, 0.2) is 43.0 Å². The van der Waals surface area contributed by atoms with E-state index in [-0.39, 0.29) is 36.9 Å². The van der Waals surface area contributed by atoms with Crippen LogP contribution in [-0.2, 0) is 14.4 Å². The van der Waals surface area contributed by atoms with Crippen molar-refractivity contribution in [2.45, 2.75) is 13.0 Å². The number of likely N-dealkylation sites (N-methyl/N-ethyl adjacent to an activating group) is 1. The summed E-state index contributed by atoms with van der Waals surface area (Å²) in [6, 6.07) is 9.32. The second kappa shape index (κ2) is 7.58. The van der Waals surface area contributed by atoms with Crippen molar-refractivity contribution in [1.82, 2.24) is 15.1 Å². The lowest BCUT2D eigenvalue weighted by Crippen LogP contribution is -2.54. The first-order valence-electron chi connectivity index (χ1n) is 7.59. The number of amides is 3. The fourth-order valence-corrected chi connectivity index (χ4v) is 2.61. The summed E-state index contributed by atoms with van der Waals surface area (Å²) in [7, 11) is 0. The molecule has 1 aromatic carbocycles. The van der Waals surface area contributed by atoms with Crippen molar-refractivity contribution < 1.29 is 14.4 Å². The number of rotatable bonds is 5. The molecule has 23 heavy (non-hydrogen) atoms. The fraction of sp³-hybridized carbons (Fsp3) is 0.353. The highest BCUT2D eigenvalue weighted by Gasteiger charge is 2.32. The van der Waals surface area contributed by atoms with Gasteiger partial charge in [0.05, 0.1) is 6.04 Å². The van der Waals surface area contributed by atoms with Crippen LogP contribution in [0.4, 0.5) is 0 Å². The van der Waals surface area contributed by atoms with E-state index in [0.29, 0.717) is 13.1 Å². The second-order valence-corrected chi connectivity index (χ2v) is 5.31. The maximum Gasteiger partial charge on any atom is 0.246 e. The van der Waals surface area contributed by atoms with Crippen molar-refractivity contribution in [3.8, 4) is 0 Å². The summed E-state index contributed by atoms with van der Waals surface area (Å²) >= 11 is 0. The molecule has 1 aromatic rings. The fourth-order valence-electron chi connectivity index (χ4n) is 2.61. The van der Waals surface area contributed by atoms with Crippen molar-refractivity contribution in [2.24, 2.45) is 0 Å². The number of piperazine rings is 1. The standard InChI is InChI=1S/C17H21N3O3/c1-3-16(22)19(4-2)12-17(23)20-11-15(21)18-10-14(20)13-8-6-5-7-9-13/h3,5-9,14H,1,4,10-12H2,2H3,(H,18,21). The molecule has 0 spiro atoms. The molecule has 0 aliphatic carbocycles. The zero-order valence-corrected chi connectivity index (χ0v) is 13.2. The highest BCUT2D eigenvalue weighted by Crippen LogP contribution is 2.22. The quantitative estimate of drug-likeness (QED) is 0.814. The normalized spacial score (nSPS) is 17.3. The van der Waals surface area contributed by atoms with Crippen LogP contribution in [0, 0.1) is 0 Å². The van der Waals surface area contributed by atoms with Gasteiger partial charge in [-0.2, -0.15) is 0 Å². The number of benzene rings is 1. The minimum atomic E-state index is -0.293. The maximum absolute atomic E-state index is 12.6. The van der Waals surface area contributed by atoms with E-state index in [9.17, 15) is 14.4 Å². The molecule has 1 N–H and O–H groups in total. The molecule has 6 heteroatoms. The summed E-state index contributed by atoms with van der Waals surface area (Å²) < 4.78 is 0. The molecule has 122 valence electrons. The summed E-state index contributed by atoms with van der Waals surface area (Å²) in [6.07, 6.45) is 1.19. The van der Waals surface area contributed by atoms with E-state index < -0.39 is 0 Å². The molecule has 6 nitrogen and oxygen atoms in total. The van der Waals surface area contributed by atoms with Gasteiger partial charge in [0, 0.05) is 13.1 Å². The topological polar surface area (TPSA) is 69.7 Å². The average Bonchev–Trinajstić information content (AvgIpc) is 2.59. The van der Waals surface area contributed by atoms with Gasteiger partial charge in [0.1, 0.15) is 13.1 Å². The number of carbonyl (C=O) groups is 3. The Balaban J connectivity index is 2.18. The van der Waals surface area contributed by atoms with Gasteiger partial charge in [-0.3, -0.25) is 14.4 Å². The van der Waals surface area contributed by atoms with Gasteiger partial charge >= 0.3 is 0 Å². The van der Waals surface area contributed by atoms with Crippen LogP contribution < -0.4 is 5.32 Å². The zero-order chi connectivity index (χ0) is 16.8. The van der Waals surface area contributed by atoms with Crippen molar-refractivity contribution in [3.05, 3.63) is 48.6 Å². The highest BCUT2D eigenvalue weighted by molar-refractivity contribution is 5.92. The first kappa shape index (κ1) is 16.7. The van der Waals surface area contributed by atoms with E-state index in [0.717, 1.165) is 5.56 Å². The Morgan fingerprint density at radius 3 is 2.70 bits per heavy atom. The first-order valence-corrected chi connectivity index (χ1v) is 7.59. The predicted molar refractivity (Wildman–Crippen MR) is 86.4 cm³/mol. The molecule has 0 radical (unpaired) electrons. The monoisotopic (exact) mass is 315 g/mol. The zero-order valence-electron chi connectivity index (χ0n) is 13.2. The molecule has 3 amide bonds. The van der Waals surface area contributed by atoms with Crippen molar-refractivity contribution in [2.75, 3.05) is 26.2 Å². The van der Waals surface area contributed by atoms with E-state index in [1.54, 1.807) is 6.92 Å². The summed E-state index contributed by atoms with van der Waals surface area (Å²) in [5.74, 6) is -0.729. The predicted octanol–water partition coefficient (Wildman–Crippen LogP) is 0.721. The molecule has 1 unspecified atom stereocenters. The summed E-state index contributed by atoms with van der Waals surface area (Å²) in [4.78, 5) is 39.0. The summed E-state index contributed by atoms with van der Waals surface area (Å²) in [5.41, 5.74) is 0.957. The van der Waals surface area contributed by atoms with Crippen molar-refractivity contribution >= 4 is 17.7 Å². The molecule has 1 atom stereocenters. The molecule has 1 aliphatic heterocycles. The largest absolute Gasteiger partial charge is 0.352 e. The lowest BCUT2D eigenvalue weighted by Gasteiger charge is -2.36. The highest BCUT2D eigenvalue weighted by atomic mass is 16.2. The molecular formula is C17H21N3O3. The molecule has 1 aliphatic rings. The van der Waals surface area contributed by atoms with Gasteiger partial charge in [0.25, 0.3) is 0 Å². The average molecular weight is 315 g/mol. The first-order chi connectivity index (χ1) is 11.1. The van der Waals surface area contributed by atoms with Gasteiger partial charge in [0.2, 0.25) is 17.7 Å². The van der Waals surface area contributed by atoms with Gasteiger partial charge < -0.3 is 15.1 Å². The maximum atomic E-state index is 12.6. The number of hydrogen-bond donors (Lipinski definition) is 1. The molecule has 2 rings (SSSR count). The molecule has 1 saturated heterocycles. The number of hydrogen-bond acceptors (Lipinski definition) is 3. The van der Waals surface area contributed by atoms with Crippen LogP contribution in [-0.4, -0.2) is 53.7 Å². The molecule has 1 fully saturated rings. The minimum Gasteiger partial charge on any atom is -0.352 e. The number of carbonyl (C=O) groups excluding carboxylic acids is 3. The Labute approximate surface area is 135 Å². The Hall–Kier alpha value is -2.63. The molecule has 0 bridgehead atoms. The van der Waals surface area contributed by atoms with Crippen LogP contribution in [0.25, 0.3) is 0 Å². The van der Waals surface area contributed by atoms with E-state index in [2.05, 4.69) is 11.9 Å². The van der Waals surface area contributed by atoms with Crippen molar-refractivity contribution in [1.29, 1.82) is 0 Å². The van der Waals surface area contributed by atoms with Gasteiger partial charge in [-0.1, -0.05) is 36.9 Å². The van der Waals surface area contributed by atoms with Crippen LogP contribution >= 0.6 is 0 Å². The van der Waals surface area contributed by atoms with E-state index >= 15 is 0 Å². The van der Waals surface area contributed by atoms with Gasteiger partial charge in [-0.25, -0.2) is 0 Å². The second-order valence-electron chi connectivity index (χ2n) is 5.31. The minimum absolute atomic E-state index is 0.00176. The molecule has 0 aromatic heterocycles. The molecular weight excluding hydrogens is 294 g/mol. The lowest BCUT2D eigenvalue weighted by molar-refractivity contribution is -0.144. The third kappa shape index (κ3) is 3.97. The number of nitrogens with one attached hydrogen (secondary N) is 1. The van der Waals surface area contributed by atoms with Crippen LogP contribution in [0.1, 0.15) is 18.5 Å². The Bertz CT molecular complexity index is 600. The van der Waals surface area contributed by atoms with E-state index in [1.807, 2.05) is 30.3 Å². The van der Waals surface area contributed by atoms with Crippen LogP contribution in [0.5, 0.6) is 0 Å². The van der Waals surface area contributed by atoms with Crippen LogP contribution in [0.2, 0.25) is 0 Å². The lowest BCUT2D eigenvalue weighted by atomic mass is 10.0.